The number of benzene rings is 2. The first-order valence-electron chi connectivity index (χ1n) is 7.27. The molecule has 4 nitrogen and oxygen atoms in total. The molecule has 2 aromatic rings. The lowest BCUT2D eigenvalue weighted by Crippen LogP contribution is -2.13. The summed E-state index contributed by atoms with van der Waals surface area (Å²) in [6, 6.07) is 9.94. The van der Waals surface area contributed by atoms with E-state index in [-0.39, 0.29) is 24.8 Å². The van der Waals surface area contributed by atoms with Crippen LogP contribution in [0, 0.1) is 0 Å². The summed E-state index contributed by atoms with van der Waals surface area (Å²) in [6.07, 6.45) is -3.84. The third-order valence-electron chi connectivity index (χ3n) is 3.55. The van der Waals surface area contributed by atoms with E-state index in [0.29, 0.717) is 17.9 Å². The molecular weight excluding hydrogens is 323 g/mol. The van der Waals surface area contributed by atoms with E-state index >= 15 is 0 Å². The molecule has 0 bridgehead atoms. The van der Waals surface area contributed by atoms with E-state index in [9.17, 15) is 18.0 Å². The predicted octanol–water partition coefficient (Wildman–Crippen LogP) is 4.01. The highest BCUT2D eigenvalue weighted by Gasteiger charge is 2.30. The van der Waals surface area contributed by atoms with Crippen molar-refractivity contribution in [2.75, 3.05) is 12.1 Å². The zero-order valence-corrected chi connectivity index (χ0v) is 12.5. The molecule has 126 valence electrons. The van der Waals surface area contributed by atoms with Crippen molar-refractivity contribution in [1.29, 1.82) is 0 Å². The zero-order chi connectivity index (χ0) is 17.2. The van der Waals surface area contributed by atoms with Crippen LogP contribution in [0.25, 0.3) is 0 Å². The second-order valence-electron chi connectivity index (χ2n) is 5.31. The van der Waals surface area contributed by atoms with Crippen molar-refractivity contribution in [3.63, 3.8) is 0 Å². The highest BCUT2D eigenvalue weighted by Crippen LogP contribution is 2.33. The minimum Gasteiger partial charge on any atom is -0.454 e. The summed E-state index contributed by atoms with van der Waals surface area (Å²) in [4.78, 5) is 11.9. The predicted molar refractivity (Wildman–Crippen MR) is 81.0 cm³/mol. The molecular formula is C17H14F3NO3. The molecule has 0 fully saturated rings. The topological polar surface area (TPSA) is 47.6 Å². The molecule has 0 saturated heterocycles. The lowest BCUT2D eigenvalue weighted by atomic mass is 10.1. The van der Waals surface area contributed by atoms with Gasteiger partial charge in [-0.1, -0.05) is 12.1 Å². The van der Waals surface area contributed by atoms with Gasteiger partial charge in [-0.15, -0.1) is 0 Å². The van der Waals surface area contributed by atoms with Gasteiger partial charge in [-0.3, -0.25) is 4.79 Å². The van der Waals surface area contributed by atoms with Gasteiger partial charge in [0, 0.05) is 12.1 Å². The van der Waals surface area contributed by atoms with Crippen molar-refractivity contribution < 1.29 is 27.4 Å². The highest BCUT2D eigenvalue weighted by atomic mass is 19.4. The summed E-state index contributed by atoms with van der Waals surface area (Å²) in [6.45, 7) is 0.175. The Morgan fingerprint density at radius 1 is 1.08 bits per heavy atom. The first-order valence-corrected chi connectivity index (χ1v) is 7.27. The number of fused-ring (bicyclic) bond motifs is 1. The Hall–Kier alpha value is -2.70. The number of alkyl halides is 3. The van der Waals surface area contributed by atoms with Gasteiger partial charge in [0.2, 0.25) is 12.7 Å². The molecule has 0 spiro atoms. The molecule has 1 amide bonds. The summed E-state index contributed by atoms with van der Waals surface area (Å²) in [7, 11) is 0. The number of rotatable bonds is 4. The summed E-state index contributed by atoms with van der Waals surface area (Å²) in [5.74, 6) is 0.935. The van der Waals surface area contributed by atoms with Gasteiger partial charge in [-0.2, -0.15) is 13.2 Å². The third kappa shape index (κ3) is 3.79. The van der Waals surface area contributed by atoms with E-state index in [1.165, 1.54) is 12.1 Å². The number of nitrogens with one attached hydrogen (secondary N) is 1. The van der Waals surface area contributed by atoms with E-state index < -0.39 is 11.7 Å². The molecule has 1 N–H and O–H groups in total. The van der Waals surface area contributed by atoms with Gasteiger partial charge in [0.25, 0.3) is 0 Å². The number of carbonyl (C=O) groups is 1. The fourth-order valence-corrected chi connectivity index (χ4v) is 2.35. The maximum Gasteiger partial charge on any atom is 0.416 e. The summed E-state index contributed by atoms with van der Waals surface area (Å²) in [5, 5.41) is 2.48. The Kier molecular flexibility index (Phi) is 4.33. The average Bonchev–Trinajstić information content (AvgIpc) is 3.00. The Labute approximate surface area is 136 Å². The normalized spacial score (nSPS) is 13.0. The molecule has 0 aliphatic carbocycles. The summed E-state index contributed by atoms with van der Waals surface area (Å²) >= 11 is 0. The standard InChI is InChI=1S/C17H14F3NO3/c18-17(19,20)12-2-1-3-13(9-12)21-16(22)7-5-11-4-6-14-15(8-11)24-10-23-14/h1-4,6,8-9H,5,7,10H2,(H,21,22). The molecule has 1 heterocycles. The fraction of sp³-hybridized carbons (Fsp3) is 0.235. The van der Waals surface area contributed by atoms with Gasteiger partial charge in [-0.25, -0.2) is 0 Å². The number of amides is 1. The molecule has 24 heavy (non-hydrogen) atoms. The van der Waals surface area contributed by atoms with E-state index in [1.54, 1.807) is 12.1 Å². The van der Waals surface area contributed by atoms with Gasteiger partial charge in [0.1, 0.15) is 0 Å². The highest BCUT2D eigenvalue weighted by molar-refractivity contribution is 5.90. The van der Waals surface area contributed by atoms with Crippen molar-refractivity contribution in [3.8, 4) is 11.5 Å². The lowest BCUT2D eigenvalue weighted by Gasteiger charge is -2.10. The van der Waals surface area contributed by atoms with Crippen molar-refractivity contribution in [2.24, 2.45) is 0 Å². The Morgan fingerprint density at radius 3 is 2.67 bits per heavy atom. The SMILES string of the molecule is O=C(CCc1ccc2c(c1)OCO2)Nc1cccc(C(F)(F)F)c1. The Balaban J connectivity index is 1.58. The van der Waals surface area contributed by atoms with E-state index in [2.05, 4.69) is 5.32 Å². The molecule has 0 unspecified atom stereocenters. The van der Waals surface area contributed by atoms with Crippen LogP contribution in [-0.4, -0.2) is 12.7 Å². The molecule has 1 aliphatic rings. The second-order valence-corrected chi connectivity index (χ2v) is 5.31. The number of carbonyl (C=O) groups excluding carboxylic acids is 1. The summed E-state index contributed by atoms with van der Waals surface area (Å²) in [5.41, 5.74) is 0.218. The van der Waals surface area contributed by atoms with Gasteiger partial charge >= 0.3 is 6.18 Å². The number of hydrogen-bond donors (Lipinski definition) is 1. The van der Waals surface area contributed by atoms with Gasteiger partial charge < -0.3 is 14.8 Å². The minimum absolute atomic E-state index is 0.125. The zero-order valence-electron chi connectivity index (χ0n) is 12.5. The van der Waals surface area contributed by atoms with Crippen LogP contribution in [-0.2, 0) is 17.4 Å². The van der Waals surface area contributed by atoms with Crippen LogP contribution in [0.1, 0.15) is 17.5 Å². The quantitative estimate of drug-likeness (QED) is 0.917. The van der Waals surface area contributed by atoms with Crippen LogP contribution < -0.4 is 14.8 Å². The monoisotopic (exact) mass is 337 g/mol. The van der Waals surface area contributed by atoms with E-state index in [1.807, 2.05) is 6.07 Å². The van der Waals surface area contributed by atoms with Crippen molar-refractivity contribution >= 4 is 11.6 Å². The number of halogens is 3. The lowest BCUT2D eigenvalue weighted by molar-refractivity contribution is -0.137. The van der Waals surface area contributed by atoms with Crippen LogP contribution in [0.15, 0.2) is 42.5 Å². The maximum absolute atomic E-state index is 12.6. The minimum atomic E-state index is -4.44. The molecule has 2 aromatic carbocycles. The average molecular weight is 337 g/mol. The molecule has 3 rings (SSSR count). The largest absolute Gasteiger partial charge is 0.454 e. The Bertz CT molecular complexity index is 759. The molecule has 7 heteroatoms. The third-order valence-corrected chi connectivity index (χ3v) is 3.55. The molecule has 1 aliphatic heterocycles. The number of ether oxygens (including phenoxy) is 2. The molecule has 0 radical (unpaired) electrons. The fourth-order valence-electron chi connectivity index (χ4n) is 2.35. The van der Waals surface area contributed by atoms with Crippen molar-refractivity contribution in [2.45, 2.75) is 19.0 Å². The molecule has 0 aromatic heterocycles. The number of aryl methyl sites for hydroxylation is 1. The van der Waals surface area contributed by atoms with Crippen LogP contribution in [0.2, 0.25) is 0 Å². The number of hydrogen-bond acceptors (Lipinski definition) is 3. The Morgan fingerprint density at radius 2 is 1.88 bits per heavy atom. The maximum atomic E-state index is 12.6. The van der Waals surface area contributed by atoms with Crippen LogP contribution in [0.5, 0.6) is 11.5 Å². The molecule has 0 saturated carbocycles. The van der Waals surface area contributed by atoms with Crippen LogP contribution >= 0.6 is 0 Å². The van der Waals surface area contributed by atoms with E-state index in [4.69, 9.17) is 9.47 Å². The van der Waals surface area contributed by atoms with Crippen LogP contribution in [0.4, 0.5) is 18.9 Å². The van der Waals surface area contributed by atoms with Gasteiger partial charge in [0.05, 0.1) is 5.56 Å². The smallest absolute Gasteiger partial charge is 0.416 e. The van der Waals surface area contributed by atoms with Crippen molar-refractivity contribution in [1.82, 2.24) is 0 Å². The summed E-state index contributed by atoms with van der Waals surface area (Å²) < 4.78 is 48.4. The van der Waals surface area contributed by atoms with E-state index in [0.717, 1.165) is 17.7 Å². The van der Waals surface area contributed by atoms with Crippen molar-refractivity contribution in [3.05, 3.63) is 53.6 Å². The first-order chi connectivity index (χ1) is 11.4. The van der Waals surface area contributed by atoms with Gasteiger partial charge in [-0.05, 0) is 42.3 Å². The second kappa shape index (κ2) is 6.43. The molecule has 0 atom stereocenters. The van der Waals surface area contributed by atoms with Gasteiger partial charge in [0.15, 0.2) is 11.5 Å². The van der Waals surface area contributed by atoms with Crippen LogP contribution in [0.3, 0.4) is 0 Å². The number of anilines is 1. The first kappa shape index (κ1) is 16.2.